The van der Waals surface area contributed by atoms with Crippen LogP contribution in [0.1, 0.15) is 54.4 Å². The Hall–Kier alpha value is -2.13. The van der Waals surface area contributed by atoms with Crippen molar-refractivity contribution in [1.82, 2.24) is 9.21 Å². The van der Waals surface area contributed by atoms with Gasteiger partial charge in [-0.25, -0.2) is 0 Å². The van der Waals surface area contributed by atoms with Crippen LogP contribution >= 0.6 is 12.3 Å². The van der Waals surface area contributed by atoms with Crippen LogP contribution in [0, 0.1) is 0 Å². The smallest absolute Gasteiger partial charge is 0.264 e. The minimum absolute atomic E-state index is 0.0153. The molecule has 150 valence electrons. The number of imide groups is 1. The first kappa shape index (κ1) is 19.2. The van der Waals surface area contributed by atoms with E-state index >= 15 is 0 Å². The molecule has 1 N–H and O–H groups in total. The zero-order valence-electron chi connectivity index (χ0n) is 15.2. The number of piperidine rings is 1. The van der Waals surface area contributed by atoms with E-state index in [4.69, 9.17) is 4.74 Å². The van der Waals surface area contributed by atoms with Gasteiger partial charge in [-0.15, -0.1) is 3.89 Å². The summed E-state index contributed by atoms with van der Waals surface area (Å²) in [5.74, 6) is -1.02. The molecule has 0 aromatic heterocycles. The lowest BCUT2D eigenvalue weighted by Gasteiger charge is -2.32. The third-order valence-electron chi connectivity index (χ3n) is 5.65. The molecule has 2 heterocycles. The topological polar surface area (TPSA) is 87.1 Å². The van der Waals surface area contributed by atoms with Gasteiger partial charge in [0.15, 0.2) is 12.3 Å². The van der Waals surface area contributed by atoms with Gasteiger partial charge in [-0.05, 0) is 49.4 Å². The third-order valence-corrected chi connectivity index (χ3v) is 6.17. The number of hydrogen-bond donors (Lipinski definition) is 1. The average molecular weight is 408 g/mol. The van der Waals surface area contributed by atoms with Crippen LogP contribution in [0.15, 0.2) is 18.2 Å². The number of halogens is 1. The van der Waals surface area contributed by atoms with Crippen LogP contribution in [0.4, 0.5) is 3.89 Å². The van der Waals surface area contributed by atoms with Gasteiger partial charge in [-0.1, -0.05) is 6.42 Å². The highest BCUT2D eigenvalue weighted by Gasteiger charge is 2.43. The Bertz CT molecular complexity index is 820. The highest BCUT2D eigenvalue weighted by molar-refractivity contribution is 7.93. The fourth-order valence-corrected chi connectivity index (χ4v) is 4.50. The summed E-state index contributed by atoms with van der Waals surface area (Å²) in [6, 6.07) is 4.25. The van der Waals surface area contributed by atoms with Gasteiger partial charge in [0, 0.05) is 18.5 Å². The largest absolute Gasteiger partial charge is 0.488 e. The first-order chi connectivity index (χ1) is 13.5. The summed E-state index contributed by atoms with van der Waals surface area (Å²) in [5.41, 5.74) is 1.19. The maximum absolute atomic E-state index is 13.0. The van der Waals surface area contributed by atoms with Crippen LogP contribution in [0.25, 0.3) is 0 Å². The molecule has 3 amide bonds. The van der Waals surface area contributed by atoms with Gasteiger partial charge in [0.05, 0.1) is 6.10 Å². The van der Waals surface area contributed by atoms with Gasteiger partial charge < -0.3 is 14.7 Å². The molecule has 1 saturated carbocycles. The van der Waals surface area contributed by atoms with Crippen molar-refractivity contribution in [2.45, 2.75) is 63.3 Å². The number of aliphatic hydroxyl groups excluding tert-OH is 1. The molecule has 3 aliphatic rings. The normalized spacial score (nSPS) is 27.9. The molecule has 7 nitrogen and oxygen atoms in total. The first-order valence-corrected chi connectivity index (χ1v) is 10.1. The van der Waals surface area contributed by atoms with E-state index in [0.29, 0.717) is 22.0 Å². The van der Waals surface area contributed by atoms with Gasteiger partial charge in [0.1, 0.15) is 17.9 Å². The number of hydrogen-bond acceptors (Lipinski definition) is 6. The lowest BCUT2D eigenvalue weighted by Crippen LogP contribution is -2.51. The lowest BCUT2D eigenvalue weighted by molar-refractivity contribution is -0.145. The van der Waals surface area contributed by atoms with Gasteiger partial charge in [0.25, 0.3) is 11.8 Å². The van der Waals surface area contributed by atoms with E-state index < -0.39 is 36.3 Å². The molecule has 1 saturated heterocycles. The Labute approximate surface area is 166 Å². The number of carbonyl (C=O) groups excluding carboxylic acids is 3. The van der Waals surface area contributed by atoms with Crippen LogP contribution in [0.2, 0.25) is 0 Å². The summed E-state index contributed by atoms with van der Waals surface area (Å²) < 4.78 is 19.4. The Kier molecular flexibility index (Phi) is 5.29. The molecule has 0 spiro atoms. The zero-order valence-corrected chi connectivity index (χ0v) is 16.0. The molecule has 1 aromatic carbocycles. The Morgan fingerprint density at radius 2 is 1.93 bits per heavy atom. The number of benzene rings is 1. The van der Waals surface area contributed by atoms with Crippen molar-refractivity contribution in [2.24, 2.45) is 0 Å². The molecule has 0 radical (unpaired) electrons. The second-order valence-electron chi connectivity index (χ2n) is 7.41. The Morgan fingerprint density at radius 3 is 2.68 bits per heavy atom. The molecule has 1 aromatic rings. The van der Waals surface area contributed by atoms with Crippen LogP contribution in [-0.4, -0.2) is 50.3 Å². The van der Waals surface area contributed by atoms with E-state index in [1.807, 2.05) is 0 Å². The summed E-state index contributed by atoms with van der Waals surface area (Å²) in [4.78, 5) is 38.2. The minimum atomic E-state index is -0.856. The molecule has 0 bridgehead atoms. The van der Waals surface area contributed by atoms with E-state index in [-0.39, 0.29) is 31.4 Å². The molecule has 2 fully saturated rings. The maximum atomic E-state index is 13.0. The molecule has 1 aliphatic carbocycles. The number of rotatable bonds is 4. The van der Waals surface area contributed by atoms with Crippen molar-refractivity contribution >= 4 is 30.1 Å². The van der Waals surface area contributed by atoms with Gasteiger partial charge in [0.2, 0.25) is 5.91 Å². The van der Waals surface area contributed by atoms with E-state index in [1.54, 1.807) is 18.2 Å². The number of carbonyl (C=O) groups is 3. The van der Waals surface area contributed by atoms with Crippen molar-refractivity contribution < 1.29 is 28.1 Å². The number of ether oxygens (including phenoxy) is 1. The van der Waals surface area contributed by atoms with Crippen LogP contribution in [0.3, 0.4) is 0 Å². The fraction of sp³-hybridized carbons (Fsp3) is 0.526. The molecule has 3 atom stereocenters. The average Bonchev–Trinajstić information content (AvgIpc) is 3.00. The van der Waals surface area contributed by atoms with Crippen LogP contribution in [-0.2, 0) is 16.1 Å². The Morgan fingerprint density at radius 1 is 1.14 bits per heavy atom. The Balaban J connectivity index is 1.50. The summed E-state index contributed by atoms with van der Waals surface area (Å²) in [6.45, 7) is 0.202. The molecule has 3 unspecified atom stereocenters. The van der Waals surface area contributed by atoms with Gasteiger partial charge in [-0.2, -0.15) is 4.31 Å². The van der Waals surface area contributed by atoms with E-state index in [2.05, 4.69) is 0 Å². The SMILES string of the molecule is O=C1CCC(N2Cc3cc(OC4CCCCC4O)ccc3C2=O)C(=O)N1SF. The summed E-state index contributed by atoms with van der Waals surface area (Å²) >= 11 is -0.416. The van der Waals surface area contributed by atoms with Crippen molar-refractivity contribution in [1.29, 1.82) is 0 Å². The van der Waals surface area contributed by atoms with Crippen molar-refractivity contribution in [3.05, 3.63) is 29.3 Å². The summed E-state index contributed by atoms with van der Waals surface area (Å²) in [5, 5.41) is 10.1. The van der Waals surface area contributed by atoms with Crippen molar-refractivity contribution in [3.63, 3.8) is 0 Å². The monoisotopic (exact) mass is 408 g/mol. The van der Waals surface area contributed by atoms with Crippen molar-refractivity contribution in [3.8, 4) is 5.75 Å². The van der Waals surface area contributed by atoms with E-state index in [9.17, 15) is 23.4 Å². The molecule has 4 rings (SSSR count). The fourth-order valence-electron chi connectivity index (χ4n) is 4.14. The van der Waals surface area contributed by atoms with Crippen LogP contribution in [0.5, 0.6) is 5.75 Å². The molecule has 28 heavy (non-hydrogen) atoms. The molecule has 9 heteroatoms. The quantitative estimate of drug-likeness (QED) is 0.608. The second-order valence-corrected chi connectivity index (χ2v) is 7.91. The number of amides is 3. The van der Waals surface area contributed by atoms with E-state index in [1.165, 1.54) is 4.90 Å². The minimum Gasteiger partial charge on any atom is -0.488 e. The van der Waals surface area contributed by atoms with E-state index in [0.717, 1.165) is 24.8 Å². The molecular weight excluding hydrogens is 387 g/mol. The van der Waals surface area contributed by atoms with Crippen molar-refractivity contribution in [2.75, 3.05) is 0 Å². The van der Waals surface area contributed by atoms with Crippen LogP contribution < -0.4 is 4.74 Å². The number of aliphatic hydroxyl groups is 1. The highest BCUT2D eigenvalue weighted by Crippen LogP contribution is 2.33. The first-order valence-electron chi connectivity index (χ1n) is 9.43. The molecule has 2 aliphatic heterocycles. The highest BCUT2D eigenvalue weighted by atomic mass is 32.2. The second kappa shape index (κ2) is 7.71. The van der Waals surface area contributed by atoms with Gasteiger partial charge >= 0.3 is 0 Å². The predicted molar refractivity (Wildman–Crippen MR) is 98.8 cm³/mol. The predicted octanol–water partition coefficient (Wildman–Crippen LogP) is 2.38. The molecular formula is C19H21FN2O5S. The number of nitrogens with zero attached hydrogens (tertiary/aromatic N) is 2. The standard InChI is InChI=1S/C19H21FN2O5S/c20-28-22-17(24)8-7-14(19(22)26)21-10-11-9-12(5-6-13(11)18(21)25)27-16-4-2-1-3-15(16)23/h5-6,9,14-16,23H,1-4,7-8,10H2. The lowest BCUT2D eigenvalue weighted by atomic mass is 9.95. The zero-order chi connectivity index (χ0) is 19.8. The third kappa shape index (κ3) is 3.37. The van der Waals surface area contributed by atoms with Gasteiger partial charge in [-0.3, -0.25) is 14.4 Å². The summed E-state index contributed by atoms with van der Waals surface area (Å²) in [7, 11) is 0. The number of fused-ring (bicyclic) bond motifs is 1. The maximum Gasteiger partial charge on any atom is 0.264 e. The summed E-state index contributed by atoms with van der Waals surface area (Å²) in [6.07, 6.45) is 2.93.